The first-order valence-corrected chi connectivity index (χ1v) is 7.78. The van der Waals surface area contributed by atoms with E-state index in [1.807, 2.05) is 18.2 Å². The van der Waals surface area contributed by atoms with Crippen LogP contribution < -0.4 is 5.32 Å². The SMILES string of the molecule is CCCNC(c1ccc(Cl)c(Cl)c1)C(OC)C(C)(C)C. The Morgan fingerprint density at radius 2 is 1.85 bits per heavy atom. The summed E-state index contributed by atoms with van der Waals surface area (Å²) in [5.74, 6) is 0. The fourth-order valence-electron chi connectivity index (χ4n) is 2.39. The van der Waals surface area contributed by atoms with Gasteiger partial charge < -0.3 is 10.1 Å². The molecule has 0 aromatic heterocycles. The van der Waals surface area contributed by atoms with Crippen LogP contribution in [-0.4, -0.2) is 19.8 Å². The molecule has 114 valence electrons. The van der Waals surface area contributed by atoms with Crippen molar-refractivity contribution >= 4 is 23.2 Å². The maximum absolute atomic E-state index is 6.15. The summed E-state index contributed by atoms with van der Waals surface area (Å²) in [6.45, 7) is 9.62. The van der Waals surface area contributed by atoms with E-state index in [9.17, 15) is 0 Å². The predicted octanol–water partition coefficient (Wildman–Crippen LogP) is 5.10. The van der Waals surface area contributed by atoms with Crippen LogP contribution in [0.3, 0.4) is 0 Å². The van der Waals surface area contributed by atoms with Gasteiger partial charge in [-0.25, -0.2) is 0 Å². The number of rotatable bonds is 6. The largest absolute Gasteiger partial charge is 0.379 e. The highest BCUT2D eigenvalue weighted by molar-refractivity contribution is 6.42. The number of benzene rings is 1. The van der Waals surface area contributed by atoms with Crippen LogP contribution in [0.1, 0.15) is 45.7 Å². The summed E-state index contributed by atoms with van der Waals surface area (Å²) in [6.07, 6.45) is 1.12. The third-order valence-electron chi connectivity index (χ3n) is 3.33. The van der Waals surface area contributed by atoms with E-state index in [1.165, 1.54) is 0 Å². The standard InChI is InChI=1S/C16H25Cl2NO/c1-6-9-19-14(15(20-5)16(2,3)4)11-7-8-12(17)13(18)10-11/h7-8,10,14-15,19H,6,9H2,1-5H3. The zero-order valence-corrected chi connectivity index (χ0v) is 14.5. The second kappa shape index (κ2) is 7.65. The van der Waals surface area contributed by atoms with E-state index in [0.29, 0.717) is 10.0 Å². The number of methoxy groups -OCH3 is 1. The first kappa shape index (κ1) is 17.8. The summed E-state index contributed by atoms with van der Waals surface area (Å²) in [4.78, 5) is 0. The molecule has 2 nitrogen and oxygen atoms in total. The fraction of sp³-hybridized carbons (Fsp3) is 0.625. The molecule has 4 heteroatoms. The normalized spacial score (nSPS) is 15.2. The van der Waals surface area contributed by atoms with Crippen LogP contribution in [0, 0.1) is 5.41 Å². The van der Waals surface area contributed by atoms with Gasteiger partial charge in [-0.1, -0.05) is 57.0 Å². The van der Waals surface area contributed by atoms with Gasteiger partial charge in [0.1, 0.15) is 0 Å². The quantitative estimate of drug-likeness (QED) is 0.788. The topological polar surface area (TPSA) is 21.3 Å². The van der Waals surface area contributed by atoms with Crippen molar-refractivity contribution in [2.45, 2.75) is 46.3 Å². The zero-order chi connectivity index (χ0) is 15.3. The number of hydrogen-bond acceptors (Lipinski definition) is 2. The van der Waals surface area contributed by atoms with Crippen molar-refractivity contribution in [2.24, 2.45) is 5.41 Å². The van der Waals surface area contributed by atoms with Crippen LogP contribution in [0.15, 0.2) is 18.2 Å². The highest BCUT2D eigenvalue weighted by Gasteiger charge is 2.33. The van der Waals surface area contributed by atoms with Crippen molar-refractivity contribution < 1.29 is 4.74 Å². The van der Waals surface area contributed by atoms with Gasteiger partial charge in [-0.15, -0.1) is 0 Å². The first-order chi connectivity index (χ1) is 9.31. The summed E-state index contributed by atoms with van der Waals surface area (Å²) in [6, 6.07) is 5.87. The van der Waals surface area contributed by atoms with Crippen molar-refractivity contribution in [3.63, 3.8) is 0 Å². The van der Waals surface area contributed by atoms with E-state index in [1.54, 1.807) is 7.11 Å². The number of halogens is 2. The van der Waals surface area contributed by atoms with Crippen LogP contribution >= 0.6 is 23.2 Å². The minimum atomic E-state index is 0.0201. The Kier molecular flexibility index (Phi) is 6.80. The summed E-state index contributed by atoms with van der Waals surface area (Å²) in [7, 11) is 1.76. The van der Waals surface area contributed by atoms with Gasteiger partial charge in [0.05, 0.1) is 22.2 Å². The molecule has 1 rings (SSSR count). The Morgan fingerprint density at radius 3 is 2.30 bits per heavy atom. The highest BCUT2D eigenvalue weighted by atomic mass is 35.5. The minimum Gasteiger partial charge on any atom is -0.379 e. The van der Waals surface area contributed by atoms with Gasteiger partial charge in [0.25, 0.3) is 0 Å². The lowest BCUT2D eigenvalue weighted by atomic mass is 9.82. The van der Waals surface area contributed by atoms with Crippen LogP contribution in [0.5, 0.6) is 0 Å². The second-order valence-electron chi connectivity index (χ2n) is 6.13. The molecular weight excluding hydrogens is 293 g/mol. The molecule has 20 heavy (non-hydrogen) atoms. The molecule has 2 unspecified atom stereocenters. The molecule has 0 saturated carbocycles. The van der Waals surface area contributed by atoms with E-state index in [2.05, 4.69) is 33.0 Å². The van der Waals surface area contributed by atoms with E-state index in [0.717, 1.165) is 18.5 Å². The molecular formula is C16H25Cl2NO. The summed E-state index contributed by atoms with van der Waals surface area (Å²) >= 11 is 12.2. The fourth-order valence-corrected chi connectivity index (χ4v) is 2.70. The molecule has 0 amide bonds. The van der Waals surface area contributed by atoms with Gasteiger partial charge in [-0.2, -0.15) is 0 Å². The van der Waals surface area contributed by atoms with Gasteiger partial charge >= 0.3 is 0 Å². The molecule has 0 aliphatic heterocycles. The molecule has 0 aliphatic rings. The van der Waals surface area contributed by atoms with Crippen molar-refractivity contribution in [1.82, 2.24) is 5.32 Å². The third-order valence-corrected chi connectivity index (χ3v) is 4.07. The van der Waals surface area contributed by atoms with Crippen molar-refractivity contribution in [3.8, 4) is 0 Å². The van der Waals surface area contributed by atoms with Gasteiger partial charge in [0.15, 0.2) is 0 Å². The molecule has 0 aliphatic carbocycles. The van der Waals surface area contributed by atoms with Gasteiger partial charge in [0, 0.05) is 7.11 Å². The van der Waals surface area contributed by atoms with Crippen LogP contribution in [0.4, 0.5) is 0 Å². The van der Waals surface area contributed by atoms with Crippen LogP contribution in [0.2, 0.25) is 10.0 Å². The van der Waals surface area contributed by atoms with E-state index >= 15 is 0 Å². The van der Waals surface area contributed by atoms with Crippen LogP contribution in [-0.2, 0) is 4.74 Å². The highest BCUT2D eigenvalue weighted by Crippen LogP contribution is 2.34. The first-order valence-electron chi connectivity index (χ1n) is 7.02. The number of hydrogen-bond donors (Lipinski definition) is 1. The average Bonchev–Trinajstić information content (AvgIpc) is 2.36. The molecule has 1 aromatic rings. The summed E-state index contributed by atoms with van der Waals surface area (Å²) < 4.78 is 5.76. The molecule has 0 bridgehead atoms. The molecule has 0 saturated heterocycles. The van der Waals surface area contributed by atoms with Crippen molar-refractivity contribution in [1.29, 1.82) is 0 Å². The molecule has 2 atom stereocenters. The lowest BCUT2D eigenvalue weighted by molar-refractivity contribution is -0.0119. The Labute approximate surface area is 132 Å². The smallest absolute Gasteiger partial charge is 0.0814 e. The Bertz CT molecular complexity index is 429. The molecule has 0 radical (unpaired) electrons. The molecule has 1 N–H and O–H groups in total. The minimum absolute atomic E-state index is 0.0201. The molecule has 0 spiro atoms. The van der Waals surface area contributed by atoms with Gasteiger partial charge in [-0.3, -0.25) is 0 Å². The Morgan fingerprint density at radius 1 is 1.20 bits per heavy atom. The van der Waals surface area contributed by atoms with E-state index in [4.69, 9.17) is 27.9 Å². The van der Waals surface area contributed by atoms with Crippen molar-refractivity contribution in [3.05, 3.63) is 33.8 Å². The third kappa shape index (κ3) is 4.63. The Balaban J connectivity index is 3.12. The van der Waals surface area contributed by atoms with Gasteiger partial charge in [0.2, 0.25) is 0 Å². The molecule has 1 aromatic carbocycles. The Hall–Kier alpha value is -0.280. The molecule has 0 fully saturated rings. The van der Waals surface area contributed by atoms with Crippen LogP contribution in [0.25, 0.3) is 0 Å². The summed E-state index contributed by atoms with van der Waals surface area (Å²) in [5.41, 5.74) is 1.13. The molecule has 0 heterocycles. The lowest BCUT2D eigenvalue weighted by Crippen LogP contribution is -2.41. The van der Waals surface area contributed by atoms with E-state index in [-0.39, 0.29) is 17.6 Å². The predicted molar refractivity (Wildman–Crippen MR) is 87.7 cm³/mol. The maximum atomic E-state index is 6.15. The lowest BCUT2D eigenvalue weighted by Gasteiger charge is -2.37. The monoisotopic (exact) mass is 317 g/mol. The summed E-state index contributed by atoms with van der Waals surface area (Å²) in [5, 5.41) is 4.72. The average molecular weight is 318 g/mol. The van der Waals surface area contributed by atoms with Crippen molar-refractivity contribution in [2.75, 3.05) is 13.7 Å². The second-order valence-corrected chi connectivity index (χ2v) is 6.94. The number of nitrogens with one attached hydrogen (secondary N) is 1. The maximum Gasteiger partial charge on any atom is 0.0814 e. The number of ether oxygens (including phenoxy) is 1. The van der Waals surface area contributed by atoms with Gasteiger partial charge in [-0.05, 0) is 36.1 Å². The van der Waals surface area contributed by atoms with E-state index < -0.39 is 0 Å². The zero-order valence-electron chi connectivity index (χ0n) is 13.0.